The van der Waals surface area contributed by atoms with Crippen LogP contribution in [0.5, 0.6) is 11.5 Å². The van der Waals surface area contributed by atoms with E-state index in [1.165, 1.54) is 24.3 Å². The lowest BCUT2D eigenvalue weighted by atomic mass is 10.1. The van der Waals surface area contributed by atoms with Crippen molar-refractivity contribution in [1.82, 2.24) is 5.32 Å². The average molecular weight is 423 g/mol. The number of rotatable bonds is 8. The molecule has 0 unspecified atom stereocenters. The zero-order chi connectivity index (χ0) is 22.1. The van der Waals surface area contributed by atoms with E-state index in [9.17, 15) is 14.4 Å². The second-order valence-electron chi connectivity index (χ2n) is 6.61. The Kier molecular flexibility index (Phi) is 7.43. The van der Waals surface area contributed by atoms with Crippen LogP contribution in [0, 0.1) is 11.3 Å². The lowest BCUT2D eigenvalue weighted by Gasteiger charge is -2.18. The largest absolute Gasteiger partial charge is 0.486 e. The van der Waals surface area contributed by atoms with E-state index < -0.39 is 24.4 Å². The van der Waals surface area contributed by atoms with Gasteiger partial charge in [0.2, 0.25) is 5.91 Å². The number of carbonyl (C=O) groups excluding carboxylic acids is 3. The van der Waals surface area contributed by atoms with Gasteiger partial charge >= 0.3 is 5.97 Å². The van der Waals surface area contributed by atoms with E-state index in [4.69, 9.17) is 19.5 Å². The quantitative estimate of drug-likeness (QED) is 0.620. The summed E-state index contributed by atoms with van der Waals surface area (Å²) in [5.74, 6) is -0.0999. The Hall–Kier alpha value is -4.06. The van der Waals surface area contributed by atoms with Crippen molar-refractivity contribution in [2.24, 2.45) is 0 Å². The lowest BCUT2D eigenvalue weighted by molar-refractivity contribution is -0.124. The molecule has 2 amide bonds. The number of carbonyl (C=O) groups is 3. The van der Waals surface area contributed by atoms with Gasteiger partial charge in [-0.25, -0.2) is 4.79 Å². The van der Waals surface area contributed by atoms with Gasteiger partial charge in [-0.1, -0.05) is 6.07 Å². The van der Waals surface area contributed by atoms with Gasteiger partial charge < -0.3 is 24.8 Å². The zero-order valence-corrected chi connectivity index (χ0v) is 16.7. The fourth-order valence-corrected chi connectivity index (χ4v) is 2.82. The highest BCUT2D eigenvalue weighted by Gasteiger charge is 2.13. The summed E-state index contributed by atoms with van der Waals surface area (Å²) in [4.78, 5) is 35.4. The third kappa shape index (κ3) is 6.47. The predicted octanol–water partition coefficient (Wildman–Crippen LogP) is 1.83. The molecule has 0 saturated carbocycles. The Bertz CT molecular complexity index is 997. The molecular formula is C22H21N3O6. The molecule has 31 heavy (non-hydrogen) atoms. The molecule has 0 atom stereocenters. The number of hydrogen-bond acceptors (Lipinski definition) is 7. The van der Waals surface area contributed by atoms with Gasteiger partial charge in [0.05, 0.1) is 11.6 Å². The van der Waals surface area contributed by atoms with Gasteiger partial charge in [0, 0.05) is 12.2 Å². The Balaban J connectivity index is 1.38. The smallest absolute Gasteiger partial charge is 0.338 e. The van der Waals surface area contributed by atoms with Crippen LogP contribution in [0.15, 0.2) is 42.5 Å². The first-order valence-electron chi connectivity index (χ1n) is 9.64. The molecule has 0 spiro atoms. The van der Waals surface area contributed by atoms with Crippen LogP contribution in [0.2, 0.25) is 0 Å². The normalized spacial score (nSPS) is 11.7. The van der Waals surface area contributed by atoms with Crippen LogP contribution in [0.4, 0.5) is 5.69 Å². The molecular weight excluding hydrogens is 402 g/mol. The summed E-state index contributed by atoms with van der Waals surface area (Å²) in [5, 5.41) is 13.7. The number of benzene rings is 2. The summed E-state index contributed by atoms with van der Waals surface area (Å²) in [6.07, 6.45) is 0.336. The Morgan fingerprint density at radius 3 is 2.48 bits per heavy atom. The third-order valence-electron chi connectivity index (χ3n) is 4.32. The van der Waals surface area contributed by atoms with E-state index in [1.807, 2.05) is 18.2 Å². The molecule has 3 rings (SSSR count). The monoisotopic (exact) mass is 423 g/mol. The minimum atomic E-state index is -0.656. The zero-order valence-electron chi connectivity index (χ0n) is 16.7. The maximum atomic E-state index is 12.1. The summed E-state index contributed by atoms with van der Waals surface area (Å²) in [6, 6.07) is 13.3. The standard InChI is InChI=1S/C22H21N3O6/c23-9-7-20(26)25-17-4-2-16(3-5-17)22(28)31-14-21(27)24-10-8-15-1-6-18-19(13-15)30-12-11-29-18/h1-6,13H,7-8,10-12,14H2,(H,24,27)(H,25,26). The van der Waals surface area contributed by atoms with Crippen molar-refractivity contribution in [3.63, 3.8) is 0 Å². The molecule has 0 fully saturated rings. The number of nitrogens with zero attached hydrogens (tertiary/aromatic N) is 1. The molecule has 1 aliphatic rings. The van der Waals surface area contributed by atoms with Gasteiger partial charge in [0.15, 0.2) is 18.1 Å². The molecule has 0 bridgehead atoms. The van der Waals surface area contributed by atoms with E-state index in [1.54, 1.807) is 6.07 Å². The van der Waals surface area contributed by atoms with Crippen molar-refractivity contribution in [3.05, 3.63) is 53.6 Å². The second kappa shape index (κ2) is 10.6. The molecule has 0 radical (unpaired) electrons. The van der Waals surface area contributed by atoms with Crippen molar-refractivity contribution >= 4 is 23.5 Å². The number of esters is 1. The molecule has 160 valence electrons. The highest BCUT2D eigenvalue weighted by atomic mass is 16.6. The number of ether oxygens (including phenoxy) is 3. The Morgan fingerprint density at radius 2 is 1.74 bits per heavy atom. The SMILES string of the molecule is N#CCC(=O)Nc1ccc(C(=O)OCC(=O)NCCc2ccc3c(c2)OCCO3)cc1. The van der Waals surface area contributed by atoms with Gasteiger partial charge in [-0.15, -0.1) is 0 Å². The minimum Gasteiger partial charge on any atom is -0.486 e. The van der Waals surface area contributed by atoms with Crippen LogP contribution in [-0.2, 0) is 20.7 Å². The van der Waals surface area contributed by atoms with Crippen LogP contribution in [0.1, 0.15) is 22.3 Å². The van der Waals surface area contributed by atoms with Gasteiger partial charge in [-0.05, 0) is 48.4 Å². The maximum Gasteiger partial charge on any atom is 0.338 e. The van der Waals surface area contributed by atoms with Gasteiger partial charge in [-0.3, -0.25) is 9.59 Å². The van der Waals surface area contributed by atoms with Crippen LogP contribution in [0.25, 0.3) is 0 Å². The summed E-state index contributed by atoms with van der Waals surface area (Å²) >= 11 is 0. The number of nitriles is 1. The molecule has 1 aliphatic heterocycles. The number of amides is 2. The number of nitrogens with one attached hydrogen (secondary N) is 2. The first-order chi connectivity index (χ1) is 15.0. The average Bonchev–Trinajstić information content (AvgIpc) is 2.78. The highest BCUT2D eigenvalue weighted by Crippen LogP contribution is 2.30. The van der Waals surface area contributed by atoms with Crippen molar-refractivity contribution in [3.8, 4) is 17.6 Å². The van der Waals surface area contributed by atoms with Crippen LogP contribution in [-0.4, -0.2) is 44.1 Å². The van der Waals surface area contributed by atoms with Crippen LogP contribution in [0.3, 0.4) is 0 Å². The van der Waals surface area contributed by atoms with Crippen LogP contribution >= 0.6 is 0 Å². The molecule has 0 saturated heterocycles. The van der Waals surface area contributed by atoms with Crippen molar-refractivity contribution in [2.75, 3.05) is 31.7 Å². The fraction of sp³-hybridized carbons (Fsp3) is 0.273. The van der Waals surface area contributed by atoms with E-state index in [-0.39, 0.29) is 12.0 Å². The highest BCUT2D eigenvalue weighted by molar-refractivity contribution is 5.94. The number of anilines is 1. The summed E-state index contributed by atoms with van der Waals surface area (Å²) in [5.41, 5.74) is 1.68. The molecule has 2 N–H and O–H groups in total. The van der Waals surface area contributed by atoms with E-state index in [0.29, 0.717) is 43.4 Å². The molecule has 9 heteroatoms. The predicted molar refractivity (Wildman–Crippen MR) is 110 cm³/mol. The van der Waals surface area contributed by atoms with E-state index in [0.717, 1.165) is 5.56 Å². The second-order valence-corrected chi connectivity index (χ2v) is 6.61. The minimum absolute atomic E-state index is 0.238. The topological polar surface area (TPSA) is 127 Å². The number of fused-ring (bicyclic) bond motifs is 1. The van der Waals surface area contributed by atoms with Crippen molar-refractivity contribution in [2.45, 2.75) is 12.8 Å². The van der Waals surface area contributed by atoms with E-state index in [2.05, 4.69) is 10.6 Å². The first kappa shape index (κ1) is 21.6. The van der Waals surface area contributed by atoms with Gasteiger partial charge in [0.1, 0.15) is 19.6 Å². The summed E-state index contributed by atoms with van der Waals surface area (Å²) < 4.78 is 16.0. The molecule has 2 aromatic rings. The Labute approximate surface area is 178 Å². The van der Waals surface area contributed by atoms with Crippen molar-refractivity contribution in [1.29, 1.82) is 5.26 Å². The summed E-state index contributed by atoms with van der Waals surface area (Å²) in [6.45, 7) is 1.02. The molecule has 0 aromatic heterocycles. The lowest BCUT2D eigenvalue weighted by Crippen LogP contribution is -2.30. The van der Waals surface area contributed by atoms with Crippen LogP contribution < -0.4 is 20.1 Å². The Morgan fingerprint density at radius 1 is 1.00 bits per heavy atom. The molecule has 2 aromatic carbocycles. The van der Waals surface area contributed by atoms with Gasteiger partial charge in [0.25, 0.3) is 5.91 Å². The third-order valence-corrected chi connectivity index (χ3v) is 4.32. The fourth-order valence-electron chi connectivity index (χ4n) is 2.82. The van der Waals surface area contributed by atoms with E-state index >= 15 is 0 Å². The molecule has 9 nitrogen and oxygen atoms in total. The first-order valence-corrected chi connectivity index (χ1v) is 9.64. The van der Waals surface area contributed by atoms with Gasteiger partial charge in [-0.2, -0.15) is 5.26 Å². The molecule has 0 aliphatic carbocycles. The number of hydrogen-bond donors (Lipinski definition) is 2. The molecule has 1 heterocycles. The summed E-state index contributed by atoms with van der Waals surface area (Å²) in [7, 11) is 0. The maximum absolute atomic E-state index is 12.1. The van der Waals surface area contributed by atoms with Crippen molar-refractivity contribution < 1.29 is 28.6 Å².